The molecule has 0 bridgehead atoms. The topological polar surface area (TPSA) is 73.6 Å². The molecular weight excluding hydrogens is 316 g/mol. The fraction of sp³-hybridized carbons (Fsp3) is 0.588. The van der Waals surface area contributed by atoms with Crippen LogP contribution in [-0.2, 0) is 14.9 Å². The highest BCUT2D eigenvalue weighted by Gasteiger charge is 2.35. The summed E-state index contributed by atoms with van der Waals surface area (Å²) in [5.41, 5.74) is 6.76. The summed E-state index contributed by atoms with van der Waals surface area (Å²) in [7, 11) is 0. The molecule has 5 nitrogen and oxygen atoms in total. The van der Waals surface area contributed by atoms with E-state index in [-0.39, 0.29) is 23.7 Å². The molecule has 0 spiro atoms. The third-order valence-corrected chi connectivity index (χ3v) is 4.24. The lowest BCUT2D eigenvalue weighted by atomic mass is 9.74. The Hall–Kier alpha value is -1.30. The lowest BCUT2D eigenvalue weighted by molar-refractivity contribution is -0.122. The highest BCUT2D eigenvalue weighted by Crippen LogP contribution is 2.35. The van der Waals surface area contributed by atoms with Crippen molar-refractivity contribution in [1.82, 2.24) is 5.32 Å². The molecule has 0 unspecified atom stereocenters. The normalized spacial score (nSPS) is 17.7. The minimum atomic E-state index is -0.489. The first-order chi connectivity index (χ1) is 10.6. The van der Waals surface area contributed by atoms with Crippen LogP contribution in [0.5, 0.6) is 5.75 Å². The van der Waals surface area contributed by atoms with Gasteiger partial charge in [-0.3, -0.25) is 4.79 Å². The van der Waals surface area contributed by atoms with Crippen molar-refractivity contribution in [2.75, 3.05) is 26.4 Å². The molecule has 3 N–H and O–H groups in total. The van der Waals surface area contributed by atoms with Crippen molar-refractivity contribution in [2.45, 2.75) is 38.1 Å². The van der Waals surface area contributed by atoms with Crippen LogP contribution in [0.3, 0.4) is 0 Å². The van der Waals surface area contributed by atoms with E-state index in [0.29, 0.717) is 26.4 Å². The molecule has 0 aromatic heterocycles. The van der Waals surface area contributed by atoms with Crippen molar-refractivity contribution in [2.24, 2.45) is 5.73 Å². The molecule has 1 aliphatic rings. The molecular formula is C17H27ClN2O3. The van der Waals surface area contributed by atoms with E-state index in [2.05, 4.69) is 17.4 Å². The Bertz CT molecular complexity index is 485. The van der Waals surface area contributed by atoms with Gasteiger partial charge in [0.15, 0.2) is 0 Å². The van der Waals surface area contributed by atoms with Crippen LogP contribution in [0.25, 0.3) is 0 Å². The van der Waals surface area contributed by atoms with Crippen molar-refractivity contribution in [3.8, 4) is 5.75 Å². The number of hydrogen-bond donors (Lipinski definition) is 2. The maximum absolute atomic E-state index is 11.8. The van der Waals surface area contributed by atoms with Crippen LogP contribution < -0.4 is 15.8 Å². The molecule has 2 rings (SSSR count). The second kappa shape index (κ2) is 9.11. The Morgan fingerprint density at radius 3 is 2.48 bits per heavy atom. The Morgan fingerprint density at radius 1 is 1.35 bits per heavy atom. The number of hydrogen-bond acceptors (Lipinski definition) is 4. The van der Waals surface area contributed by atoms with E-state index in [1.807, 2.05) is 19.1 Å². The SMILES string of the molecule is CCOc1ccc(C2(CNC(=O)[C@@H](C)N)CCOCC2)cc1.Cl. The Balaban J connectivity index is 0.00000264. The predicted molar refractivity (Wildman–Crippen MR) is 93.2 cm³/mol. The molecule has 130 valence electrons. The summed E-state index contributed by atoms with van der Waals surface area (Å²) in [6.45, 7) is 6.33. The lowest BCUT2D eigenvalue weighted by Crippen LogP contribution is -2.48. The predicted octanol–water partition coefficient (Wildman–Crippen LogP) is 2.02. The third-order valence-electron chi connectivity index (χ3n) is 4.24. The van der Waals surface area contributed by atoms with Gasteiger partial charge < -0.3 is 20.5 Å². The smallest absolute Gasteiger partial charge is 0.236 e. The molecule has 0 radical (unpaired) electrons. The van der Waals surface area contributed by atoms with Crippen LogP contribution in [-0.4, -0.2) is 38.3 Å². The standard InChI is InChI=1S/C17H26N2O3.ClH/c1-3-22-15-6-4-14(5-7-15)17(8-10-21-11-9-17)12-19-16(20)13(2)18;/h4-7,13H,3,8-12,18H2,1-2H3,(H,19,20);1H/t13-;/m1./s1. The number of carbonyl (C=O) groups is 1. The van der Waals surface area contributed by atoms with Gasteiger partial charge in [0, 0.05) is 25.2 Å². The first-order valence-electron chi connectivity index (χ1n) is 7.92. The van der Waals surface area contributed by atoms with Crippen molar-refractivity contribution in [3.63, 3.8) is 0 Å². The van der Waals surface area contributed by atoms with Crippen LogP contribution in [0.2, 0.25) is 0 Å². The molecule has 1 amide bonds. The molecule has 1 aromatic rings. The highest BCUT2D eigenvalue weighted by atomic mass is 35.5. The van der Waals surface area contributed by atoms with Crippen molar-refractivity contribution >= 4 is 18.3 Å². The zero-order valence-electron chi connectivity index (χ0n) is 13.8. The van der Waals surface area contributed by atoms with Gasteiger partial charge in [-0.05, 0) is 44.4 Å². The number of amides is 1. The van der Waals surface area contributed by atoms with E-state index >= 15 is 0 Å². The van der Waals surface area contributed by atoms with Crippen molar-refractivity contribution < 1.29 is 14.3 Å². The Labute approximate surface area is 144 Å². The fourth-order valence-corrected chi connectivity index (χ4v) is 2.82. The summed E-state index contributed by atoms with van der Waals surface area (Å²) in [6.07, 6.45) is 1.78. The summed E-state index contributed by atoms with van der Waals surface area (Å²) in [5, 5.41) is 2.98. The van der Waals surface area contributed by atoms with E-state index in [9.17, 15) is 4.79 Å². The van der Waals surface area contributed by atoms with Crippen molar-refractivity contribution in [3.05, 3.63) is 29.8 Å². The zero-order chi connectivity index (χ0) is 16.0. The maximum Gasteiger partial charge on any atom is 0.236 e. The number of halogens is 1. The molecule has 1 atom stereocenters. The molecule has 23 heavy (non-hydrogen) atoms. The van der Waals surface area contributed by atoms with Crippen LogP contribution >= 0.6 is 12.4 Å². The van der Waals surface area contributed by atoms with Crippen LogP contribution in [0, 0.1) is 0 Å². The van der Waals surface area contributed by atoms with Crippen LogP contribution in [0.4, 0.5) is 0 Å². The number of ether oxygens (including phenoxy) is 2. The minimum absolute atomic E-state index is 0. The second-order valence-electron chi connectivity index (χ2n) is 5.86. The average molecular weight is 343 g/mol. The molecule has 1 aromatic carbocycles. The largest absolute Gasteiger partial charge is 0.494 e. The van der Waals surface area contributed by atoms with Gasteiger partial charge in [-0.2, -0.15) is 0 Å². The van der Waals surface area contributed by atoms with Gasteiger partial charge in [0.1, 0.15) is 5.75 Å². The van der Waals surface area contributed by atoms with Gasteiger partial charge >= 0.3 is 0 Å². The molecule has 6 heteroatoms. The van der Waals surface area contributed by atoms with Crippen LogP contribution in [0.15, 0.2) is 24.3 Å². The monoisotopic (exact) mass is 342 g/mol. The van der Waals surface area contributed by atoms with Gasteiger partial charge in [-0.1, -0.05) is 12.1 Å². The van der Waals surface area contributed by atoms with E-state index in [1.165, 1.54) is 5.56 Å². The van der Waals surface area contributed by atoms with Gasteiger partial charge in [0.25, 0.3) is 0 Å². The summed E-state index contributed by atoms with van der Waals surface area (Å²) in [4.78, 5) is 11.8. The minimum Gasteiger partial charge on any atom is -0.494 e. The molecule has 1 saturated heterocycles. The summed E-state index contributed by atoms with van der Waals surface area (Å²) in [6, 6.07) is 7.67. The van der Waals surface area contributed by atoms with E-state index in [4.69, 9.17) is 15.2 Å². The lowest BCUT2D eigenvalue weighted by Gasteiger charge is -2.38. The van der Waals surface area contributed by atoms with E-state index in [0.717, 1.165) is 18.6 Å². The van der Waals surface area contributed by atoms with Gasteiger partial charge in [-0.25, -0.2) is 0 Å². The van der Waals surface area contributed by atoms with E-state index < -0.39 is 6.04 Å². The first-order valence-corrected chi connectivity index (χ1v) is 7.92. The summed E-state index contributed by atoms with van der Waals surface area (Å²) >= 11 is 0. The fourth-order valence-electron chi connectivity index (χ4n) is 2.82. The van der Waals surface area contributed by atoms with Crippen molar-refractivity contribution in [1.29, 1.82) is 0 Å². The molecule has 0 saturated carbocycles. The van der Waals surface area contributed by atoms with Gasteiger partial charge in [-0.15, -0.1) is 12.4 Å². The molecule has 1 aliphatic heterocycles. The quantitative estimate of drug-likeness (QED) is 0.829. The molecule has 0 aliphatic carbocycles. The number of carbonyl (C=O) groups excluding carboxylic acids is 1. The number of nitrogens with one attached hydrogen (secondary N) is 1. The number of benzene rings is 1. The van der Waals surface area contributed by atoms with Gasteiger partial charge in [0.2, 0.25) is 5.91 Å². The van der Waals surface area contributed by atoms with E-state index in [1.54, 1.807) is 6.92 Å². The summed E-state index contributed by atoms with van der Waals surface area (Å²) < 4.78 is 11.0. The van der Waals surface area contributed by atoms with Crippen LogP contribution in [0.1, 0.15) is 32.3 Å². The molecule has 1 heterocycles. The Morgan fingerprint density at radius 2 is 1.96 bits per heavy atom. The third kappa shape index (κ3) is 5.09. The Kier molecular flexibility index (Phi) is 7.82. The first kappa shape index (κ1) is 19.7. The van der Waals surface area contributed by atoms with Gasteiger partial charge in [0.05, 0.1) is 12.6 Å². The second-order valence-corrected chi connectivity index (χ2v) is 5.86. The summed E-state index contributed by atoms with van der Waals surface area (Å²) in [5.74, 6) is 0.755. The molecule has 1 fully saturated rings. The highest BCUT2D eigenvalue weighted by molar-refractivity contribution is 5.85. The number of nitrogens with two attached hydrogens (primary N) is 1. The average Bonchev–Trinajstić information content (AvgIpc) is 2.54. The number of rotatable bonds is 6. The zero-order valence-corrected chi connectivity index (χ0v) is 14.7. The maximum atomic E-state index is 11.8.